The lowest BCUT2D eigenvalue weighted by molar-refractivity contribution is -0.125. The average Bonchev–Trinajstić information content (AvgIpc) is 2.90. The van der Waals surface area contributed by atoms with Crippen molar-refractivity contribution in [2.45, 2.75) is 37.8 Å². The molecule has 2 aliphatic heterocycles. The van der Waals surface area contributed by atoms with Crippen molar-refractivity contribution in [1.29, 1.82) is 0 Å². The minimum Gasteiger partial charge on any atom is -0.468 e. The summed E-state index contributed by atoms with van der Waals surface area (Å²) in [5, 5.41) is 0. The first-order valence-electron chi connectivity index (χ1n) is 6.49. The predicted octanol–water partition coefficient (Wildman–Crippen LogP) is 2.86. The van der Waals surface area contributed by atoms with Gasteiger partial charge in [-0.3, -0.25) is 9.69 Å². The molecule has 2 atom stereocenters. The molecule has 0 aliphatic carbocycles. The van der Waals surface area contributed by atoms with Crippen molar-refractivity contribution in [2.24, 2.45) is 0 Å². The van der Waals surface area contributed by atoms with Gasteiger partial charge >= 0.3 is 0 Å². The molecule has 0 unspecified atom stereocenters. The zero-order chi connectivity index (χ0) is 12.5. The van der Waals surface area contributed by atoms with Gasteiger partial charge in [0.25, 0.3) is 0 Å². The Morgan fingerprint density at radius 3 is 2.94 bits per heavy atom. The summed E-state index contributed by atoms with van der Waals surface area (Å²) in [6.07, 6.45) is 4.98. The van der Waals surface area contributed by atoms with E-state index in [0.29, 0.717) is 18.6 Å². The molecule has 18 heavy (non-hydrogen) atoms. The topological polar surface area (TPSA) is 33.5 Å². The zero-order valence-electron chi connectivity index (χ0n) is 10.4. The Morgan fingerprint density at radius 2 is 2.22 bits per heavy atom. The minimum absolute atomic E-state index is 0.0925. The number of fused-ring (bicyclic) bond motifs is 1. The molecule has 0 spiro atoms. The predicted molar refractivity (Wildman–Crippen MR) is 68.1 cm³/mol. The highest BCUT2D eigenvalue weighted by molar-refractivity contribution is 5.81. The lowest BCUT2D eigenvalue weighted by Gasteiger charge is -2.44. The molecule has 0 N–H and O–H groups in total. The monoisotopic (exact) mass is 243 g/mol. The second kappa shape index (κ2) is 4.60. The Bertz CT molecular complexity index is 497. The molecule has 0 bridgehead atoms. The van der Waals surface area contributed by atoms with Crippen LogP contribution in [-0.2, 0) is 4.79 Å². The van der Waals surface area contributed by atoms with Crippen LogP contribution >= 0.6 is 0 Å². The van der Waals surface area contributed by atoms with Crippen molar-refractivity contribution in [1.82, 2.24) is 4.90 Å². The van der Waals surface area contributed by atoms with E-state index >= 15 is 0 Å². The number of Topliss-reactive ketones (excluding diaryl/α,β-unsaturated/α-hetero) is 1. The molecule has 2 aliphatic rings. The molecule has 0 saturated carbocycles. The first kappa shape index (κ1) is 11.5. The van der Waals surface area contributed by atoms with Gasteiger partial charge in [-0.05, 0) is 37.1 Å². The molecular weight excluding hydrogens is 226 g/mol. The number of hydrogen-bond acceptors (Lipinski definition) is 3. The van der Waals surface area contributed by atoms with Gasteiger partial charge in [0.15, 0.2) is 0 Å². The van der Waals surface area contributed by atoms with Crippen LogP contribution in [0.3, 0.4) is 0 Å². The number of ketones is 1. The second-order valence-electron chi connectivity index (χ2n) is 5.04. The number of nitrogens with zero attached hydrogens (tertiary/aromatic N) is 1. The Labute approximate surface area is 107 Å². The molecule has 3 nitrogen and oxygen atoms in total. The molecular formula is C15H17NO2. The van der Waals surface area contributed by atoms with Crippen molar-refractivity contribution in [2.75, 3.05) is 6.54 Å². The van der Waals surface area contributed by atoms with E-state index in [1.165, 1.54) is 5.57 Å². The summed E-state index contributed by atoms with van der Waals surface area (Å²) >= 11 is 0. The van der Waals surface area contributed by atoms with Gasteiger partial charge < -0.3 is 4.42 Å². The number of hydrogen-bond donors (Lipinski definition) is 0. The summed E-state index contributed by atoms with van der Waals surface area (Å²) in [7, 11) is 0. The SMILES string of the molecule is C=C=C1CCCN2[C@@H]1CC(=O)C[C@@H]2c1ccco1. The molecule has 0 aromatic carbocycles. The second-order valence-corrected chi connectivity index (χ2v) is 5.04. The molecule has 1 aromatic heterocycles. The normalized spacial score (nSPS) is 28.9. The van der Waals surface area contributed by atoms with Gasteiger partial charge in [0.1, 0.15) is 11.5 Å². The Morgan fingerprint density at radius 1 is 1.39 bits per heavy atom. The maximum atomic E-state index is 12.0. The summed E-state index contributed by atoms with van der Waals surface area (Å²) in [6, 6.07) is 4.13. The molecule has 1 aromatic rings. The summed E-state index contributed by atoms with van der Waals surface area (Å²) in [6.45, 7) is 4.79. The van der Waals surface area contributed by atoms with Crippen LogP contribution in [-0.4, -0.2) is 23.3 Å². The van der Waals surface area contributed by atoms with Crippen molar-refractivity contribution in [3.05, 3.63) is 42.0 Å². The largest absolute Gasteiger partial charge is 0.468 e. The lowest BCUT2D eigenvalue weighted by atomic mass is 9.84. The van der Waals surface area contributed by atoms with E-state index in [-0.39, 0.29) is 12.1 Å². The standard InChI is InChI=1S/C15H17NO2/c1-2-11-5-3-7-16-13(11)9-12(17)10-14(16)15-6-4-8-18-15/h4,6,8,13-14H,1,3,5,7,9-10H2/t13-,14-/m1/s1. The number of carbonyl (C=O) groups is 1. The van der Waals surface area contributed by atoms with Crippen LogP contribution in [0.2, 0.25) is 0 Å². The summed E-state index contributed by atoms with van der Waals surface area (Å²) < 4.78 is 5.50. The van der Waals surface area contributed by atoms with Gasteiger partial charge in [-0.15, -0.1) is 5.73 Å². The molecule has 0 radical (unpaired) electrons. The van der Waals surface area contributed by atoms with Crippen LogP contribution in [0.15, 0.2) is 40.7 Å². The Hall–Kier alpha value is -1.57. The van der Waals surface area contributed by atoms with Crippen LogP contribution in [0.1, 0.15) is 37.5 Å². The Kier molecular flexibility index (Phi) is 2.94. The van der Waals surface area contributed by atoms with E-state index in [4.69, 9.17) is 4.42 Å². The highest BCUT2D eigenvalue weighted by Crippen LogP contribution is 2.38. The van der Waals surface area contributed by atoms with E-state index in [0.717, 1.165) is 25.1 Å². The summed E-state index contributed by atoms with van der Waals surface area (Å²) in [5.41, 5.74) is 4.22. The Balaban J connectivity index is 1.95. The van der Waals surface area contributed by atoms with Crippen LogP contribution in [0.25, 0.3) is 0 Å². The number of piperidine rings is 2. The number of rotatable bonds is 1. The maximum Gasteiger partial charge on any atom is 0.136 e. The van der Waals surface area contributed by atoms with Crippen LogP contribution in [0.4, 0.5) is 0 Å². The van der Waals surface area contributed by atoms with Gasteiger partial charge in [-0.25, -0.2) is 0 Å². The first-order chi connectivity index (χ1) is 8.79. The highest BCUT2D eigenvalue weighted by Gasteiger charge is 2.40. The van der Waals surface area contributed by atoms with E-state index in [2.05, 4.69) is 17.2 Å². The van der Waals surface area contributed by atoms with Crippen molar-refractivity contribution in [3.8, 4) is 0 Å². The molecule has 94 valence electrons. The third kappa shape index (κ3) is 1.86. The van der Waals surface area contributed by atoms with Crippen LogP contribution in [0.5, 0.6) is 0 Å². The fourth-order valence-corrected chi connectivity index (χ4v) is 3.17. The van der Waals surface area contributed by atoms with Crippen molar-refractivity contribution in [3.63, 3.8) is 0 Å². The van der Waals surface area contributed by atoms with Gasteiger partial charge in [0.05, 0.1) is 12.3 Å². The fourth-order valence-electron chi connectivity index (χ4n) is 3.17. The number of carbonyl (C=O) groups excluding carboxylic acids is 1. The smallest absolute Gasteiger partial charge is 0.136 e. The van der Waals surface area contributed by atoms with Crippen LogP contribution < -0.4 is 0 Å². The van der Waals surface area contributed by atoms with E-state index in [1.54, 1.807) is 6.26 Å². The van der Waals surface area contributed by atoms with Gasteiger partial charge in [0.2, 0.25) is 0 Å². The molecule has 0 amide bonds. The summed E-state index contributed by atoms with van der Waals surface area (Å²) in [4.78, 5) is 14.3. The van der Waals surface area contributed by atoms with Crippen LogP contribution in [0, 0.1) is 0 Å². The highest BCUT2D eigenvalue weighted by atomic mass is 16.3. The van der Waals surface area contributed by atoms with Crippen molar-refractivity contribution >= 4 is 5.78 Å². The van der Waals surface area contributed by atoms with Gasteiger partial charge in [-0.1, -0.05) is 6.58 Å². The fraction of sp³-hybridized carbons (Fsp3) is 0.467. The summed E-state index contributed by atoms with van der Waals surface area (Å²) in [5.74, 6) is 1.21. The quantitative estimate of drug-likeness (QED) is 0.711. The molecule has 2 fully saturated rings. The van der Waals surface area contributed by atoms with Crippen molar-refractivity contribution < 1.29 is 9.21 Å². The number of furan rings is 1. The molecule has 3 heteroatoms. The molecule has 3 rings (SSSR count). The third-order valence-electron chi connectivity index (χ3n) is 4.01. The third-order valence-corrected chi connectivity index (χ3v) is 4.01. The van der Waals surface area contributed by atoms with E-state index in [9.17, 15) is 4.79 Å². The minimum atomic E-state index is 0.0925. The average molecular weight is 243 g/mol. The first-order valence-corrected chi connectivity index (χ1v) is 6.49. The maximum absolute atomic E-state index is 12.0. The molecule has 3 heterocycles. The molecule has 2 saturated heterocycles. The zero-order valence-corrected chi connectivity index (χ0v) is 10.4. The van der Waals surface area contributed by atoms with E-state index in [1.807, 2.05) is 12.1 Å². The van der Waals surface area contributed by atoms with E-state index < -0.39 is 0 Å². The lowest BCUT2D eigenvalue weighted by Crippen LogP contribution is -2.48. The van der Waals surface area contributed by atoms with Gasteiger partial charge in [-0.2, -0.15) is 0 Å². The van der Waals surface area contributed by atoms with Gasteiger partial charge in [0, 0.05) is 18.9 Å².